The Morgan fingerprint density at radius 2 is 1.94 bits per heavy atom. The number of ketones is 1. The summed E-state index contributed by atoms with van der Waals surface area (Å²) in [6, 6.07) is 9.43. The lowest BCUT2D eigenvalue weighted by Gasteiger charge is -2.23. The zero-order chi connectivity index (χ0) is 21.7. The summed E-state index contributed by atoms with van der Waals surface area (Å²) in [4.78, 5) is 26.7. The Hall–Kier alpha value is -3.94. The van der Waals surface area contributed by atoms with E-state index in [0.717, 1.165) is 22.6 Å². The quantitative estimate of drug-likeness (QED) is 0.390. The highest BCUT2D eigenvalue weighted by atomic mass is 19.1. The SMILES string of the molecule is O=C1C(=O)N(c2ccc(F)cc2F)C(c2ccco2)/C1=C(/O)c1ccc2c(c1)CCO2. The van der Waals surface area contributed by atoms with Gasteiger partial charge in [-0.2, -0.15) is 0 Å². The van der Waals surface area contributed by atoms with Crippen molar-refractivity contribution in [3.63, 3.8) is 0 Å². The highest BCUT2D eigenvalue weighted by Gasteiger charge is 2.49. The molecule has 0 aliphatic carbocycles. The van der Waals surface area contributed by atoms with Gasteiger partial charge in [0.1, 0.15) is 34.9 Å². The van der Waals surface area contributed by atoms with Gasteiger partial charge in [-0.05, 0) is 48.0 Å². The zero-order valence-corrected chi connectivity index (χ0v) is 16.0. The molecule has 3 heterocycles. The van der Waals surface area contributed by atoms with Crippen LogP contribution in [0.15, 0.2) is 64.8 Å². The Balaban J connectivity index is 1.70. The second-order valence-electron chi connectivity index (χ2n) is 7.20. The number of fused-ring (bicyclic) bond motifs is 1. The molecule has 2 aliphatic rings. The van der Waals surface area contributed by atoms with Gasteiger partial charge in [-0.3, -0.25) is 14.5 Å². The number of nitrogens with zero attached hydrogens (tertiary/aromatic N) is 1. The first-order valence-corrected chi connectivity index (χ1v) is 9.51. The number of aliphatic hydroxyl groups is 1. The minimum absolute atomic E-state index is 0.147. The van der Waals surface area contributed by atoms with Crippen molar-refractivity contribution in [3.05, 3.63) is 88.9 Å². The molecular weight excluding hydrogens is 408 g/mol. The molecule has 0 spiro atoms. The van der Waals surface area contributed by atoms with Gasteiger partial charge in [0.15, 0.2) is 0 Å². The Bertz CT molecular complexity index is 1250. The second-order valence-corrected chi connectivity index (χ2v) is 7.20. The maximum Gasteiger partial charge on any atom is 0.300 e. The van der Waals surface area contributed by atoms with Crippen LogP contribution in [-0.4, -0.2) is 23.4 Å². The van der Waals surface area contributed by atoms with Crippen molar-refractivity contribution in [2.45, 2.75) is 12.5 Å². The minimum atomic E-state index is -1.22. The van der Waals surface area contributed by atoms with Crippen LogP contribution in [0.1, 0.15) is 22.9 Å². The first-order valence-electron chi connectivity index (χ1n) is 9.51. The Kier molecular flexibility index (Phi) is 4.35. The maximum absolute atomic E-state index is 14.6. The summed E-state index contributed by atoms with van der Waals surface area (Å²) in [5.74, 6) is -3.49. The molecule has 5 rings (SSSR count). The number of ether oxygens (including phenoxy) is 1. The van der Waals surface area contributed by atoms with E-state index in [9.17, 15) is 23.5 Å². The van der Waals surface area contributed by atoms with Gasteiger partial charge < -0.3 is 14.3 Å². The van der Waals surface area contributed by atoms with Crippen molar-refractivity contribution in [1.29, 1.82) is 0 Å². The number of hydrogen-bond acceptors (Lipinski definition) is 5. The van der Waals surface area contributed by atoms with Crippen molar-refractivity contribution in [1.82, 2.24) is 0 Å². The molecule has 156 valence electrons. The van der Waals surface area contributed by atoms with Gasteiger partial charge in [0.25, 0.3) is 11.7 Å². The third kappa shape index (κ3) is 2.99. The molecule has 1 N–H and O–H groups in total. The molecule has 1 aromatic heterocycles. The fraction of sp³-hybridized carbons (Fsp3) is 0.130. The van der Waals surface area contributed by atoms with Crippen molar-refractivity contribution < 1.29 is 32.6 Å². The van der Waals surface area contributed by atoms with E-state index in [2.05, 4.69) is 0 Å². The molecule has 1 amide bonds. The van der Waals surface area contributed by atoms with Crippen LogP contribution in [0.25, 0.3) is 5.76 Å². The van der Waals surface area contributed by atoms with Crippen LogP contribution in [-0.2, 0) is 16.0 Å². The summed E-state index contributed by atoms with van der Waals surface area (Å²) in [5.41, 5.74) is 0.629. The number of rotatable bonds is 3. The van der Waals surface area contributed by atoms with E-state index in [1.54, 1.807) is 24.3 Å². The molecule has 8 heteroatoms. The Labute approximate surface area is 175 Å². The van der Waals surface area contributed by atoms with E-state index in [1.165, 1.54) is 12.3 Å². The number of halogens is 2. The molecule has 0 bridgehead atoms. The van der Waals surface area contributed by atoms with Crippen LogP contribution in [0.2, 0.25) is 0 Å². The number of anilines is 1. The molecule has 2 aliphatic heterocycles. The van der Waals surface area contributed by atoms with Crippen molar-refractivity contribution in [3.8, 4) is 5.75 Å². The van der Waals surface area contributed by atoms with E-state index in [1.807, 2.05) is 0 Å². The molecule has 0 saturated carbocycles. The number of Topliss-reactive ketones (excluding diaryl/α,β-unsaturated/α-hetero) is 1. The maximum atomic E-state index is 14.6. The third-order valence-corrected chi connectivity index (χ3v) is 5.39. The molecule has 31 heavy (non-hydrogen) atoms. The van der Waals surface area contributed by atoms with Crippen LogP contribution >= 0.6 is 0 Å². The summed E-state index contributed by atoms with van der Waals surface area (Å²) in [5, 5.41) is 11.0. The van der Waals surface area contributed by atoms with E-state index >= 15 is 0 Å². The number of amides is 1. The predicted octanol–water partition coefficient (Wildman–Crippen LogP) is 4.12. The van der Waals surface area contributed by atoms with E-state index in [4.69, 9.17) is 9.15 Å². The monoisotopic (exact) mass is 423 g/mol. The highest BCUT2D eigenvalue weighted by Crippen LogP contribution is 2.43. The van der Waals surface area contributed by atoms with Gasteiger partial charge in [-0.25, -0.2) is 8.78 Å². The van der Waals surface area contributed by atoms with E-state index in [0.29, 0.717) is 30.4 Å². The van der Waals surface area contributed by atoms with Crippen LogP contribution in [0, 0.1) is 11.6 Å². The standard InChI is InChI=1S/C23H15F2NO5/c24-14-4-5-16(15(25)11-14)26-20(18-2-1-8-30-18)19(22(28)23(26)29)21(27)13-3-6-17-12(10-13)7-9-31-17/h1-6,8,10-11,20,27H,7,9H2/b21-19-. The first kappa shape index (κ1) is 19.0. The lowest BCUT2D eigenvalue weighted by Crippen LogP contribution is -2.30. The molecule has 3 aromatic rings. The van der Waals surface area contributed by atoms with Crippen LogP contribution < -0.4 is 9.64 Å². The Morgan fingerprint density at radius 1 is 1.10 bits per heavy atom. The summed E-state index contributed by atoms with van der Waals surface area (Å²) >= 11 is 0. The number of hydrogen-bond donors (Lipinski definition) is 1. The number of benzene rings is 2. The van der Waals surface area contributed by atoms with Crippen molar-refractivity contribution >= 4 is 23.1 Å². The van der Waals surface area contributed by atoms with E-state index < -0.39 is 35.1 Å². The molecule has 0 radical (unpaired) electrons. The molecule has 1 fully saturated rings. The van der Waals surface area contributed by atoms with Gasteiger partial charge in [0.05, 0.1) is 24.1 Å². The fourth-order valence-electron chi connectivity index (χ4n) is 3.96. The first-order chi connectivity index (χ1) is 15.0. The minimum Gasteiger partial charge on any atom is -0.507 e. The van der Waals surface area contributed by atoms with Gasteiger partial charge in [-0.1, -0.05) is 0 Å². The summed E-state index contributed by atoms with van der Waals surface area (Å²) in [6.07, 6.45) is 1.98. The molecule has 1 saturated heterocycles. The van der Waals surface area contributed by atoms with Crippen molar-refractivity contribution in [2.75, 3.05) is 11.5 Å². The van der Waals surface area contributed by atoms with Crippen LogP contribution in [0.4, 0.5) is 14.5 Å². The number of aliphatic hydroxyl groups excluding tert-OH is 1. The van der Waals surface area contributed by atoms with Gasteiger partial charge in [0.2, 0.25) is 0 Å². The summed E-state index contributed by atoms with van der Waals surface area (Å²) < 4.78 is 38.8. The topological polar surface area (TPSA) is 80.0 Å². The van der Waals surface area contributed by atoms with Gasteiger partial charge in [0, 0.05) is 18.1 Å². The lowest BCUT2D eigenvalue weighted by molar-refractivity contribution is -0.132. The highest BCUT2D eigenvalue weighted by molar-refractivity contribution is 6.51. The number of carbonyl (C=O) groups excluding carboxylic acids is 2. The van der Waals surface area contributed by atoms with Crippen LogP contribution in [0.5, 0.6) is 5.75 Å². The van der Waals surface area contributed by atoms with Gasteiger partial charge in [-0.15, -0.1) is 0 Å². The van der Waals surface area contributed by atoms with E-state index in [-0.39, 0.29) is 17.0 Å². The van der Waals surface area contributed by atoms with Crippen LogP contribution in [0.3, 0.4) is 0 Å². The average molecular weight is 423 g/mol. The molecule has 1 unspecified atom stereocenters. The number of carbonyl (C=O) groups is 2. The lowest BCUT2D eigenvalue weighted by atomic mass is 9.98. The van der Waals surface area contributed by atoms with Gasteiger partial charge >= 0.3 is 0 Å². The predicted molar refractivity (Wildman–Crippen MR) is 105 cm³/mol. The smallest absolute Gasteiger partial charge is 0.300 e. The number of furan rings is 1. The largest absolute Gasteiger partial charge is 0.507 e. The molecule has 2 aromatic carbocycles. The Morgan fingerprint density at radius 3 is 2.68 bits per heavy atom. The normalized spacial score (nSPS) is 19.5. The fourth-order valence-corrected chi connectivity index (χ4v) is 3.96. The average Bonchev–Trinajstić information content (AvgIpc) is 3.48. The third-order valence-electron chi connectivity index (χ3n) is 5.39. The molecule has 1 atom stereocenters. The molecule has 6 nitrogen and oxygen atoms in total. The summed E-state index contributed by atoms with van der Waals surface area (Å²) in [6.45, 7) is 0.514. The van der Waals surface area contributed by atoms with Crippen molar-refractivity contribution in [2.24, 2.45) is 0 Å². The molecular formula is C23H15F2NO5. The summed E-state index contributed by atoms with van der Waals surface area (Å²) in [7, 11) is 0. The zero-order valence-electron chi connectivity index (χ0n) is 16.0. The second kappa shape index (κ2) is 7.09.